The average molecular weight is 839 g/mol. The molecule has 4 N–H and O–H groups in total. The Morgan fingerprint density at radius 1 is 0.758 bits per heavy atom. The monoisotopic (exact) mass is 838 g/mol. The molecule has 0 saturated carbocycles. The predicted octanol–water partition coefficient (Wildman–Crippen LogP) is 5.55. The number of H-pyrrole nitrogens is 1. The molecule has 16 heteroatoms. The van der Waals surface area contributed by atoms with Crippen molar-refractivity contribution in [3.05, 3.63) is 101 Å². The highest BCUT2D eigenvalue weighted by Crippen LogP contribution is 2.35. The Morgan fingerprint density at radius 3 is 2.13 bits per heavy atom. The molecular weight excluding hydrogens is 789 g/mol. The number of carbonyl (C=O) groups excluding carboxylic acids is 4. The summed E-state index contributed by atoms with van der Waals surface area (Å²) in [4.78, 5) is 69.8. The third kappa shape index (κ3) is 8.21. The minimum atomic E-state index is -0.814. The summed E-state index contributed by atoms with van der Waals surface area (Å²) in [7, 11) is 2.60. The van der Waals surface area contributed by atoms with E-state index in [9.17, 15) is 19.2 Å². The second kappa shape index (κ2) is 17.7. The zero-order valence-electron chi connectivity index (χ0n) is 34.8. The number of aliphatic imine (C=N–C) groups is 1. The van der Waals surface area contributed by atoms with E-state index in [2.05, 4.69) is 31.1 Å². The van der Waals surface area contributed by atoms with Gasteiger partial charge in [-0.1, -0.05) is 54.7 Å². The van der Waals surface area contributed by atoms with Crippen molar-refractivity contribution in [2.75, 3.05) is 33.9 Å². The highest BCUT2D eigenvalue weighted by Gasteiger charge is 2.41. The van der Waals surface area contributed by atoms with Crippen LogP contribution in [0.5, 0.6) is 0 Å². The second-order valence-electron chi connectivity index (χ2n) is 16.2. The van der Waals surface area contributed by atoms with Crippen LogP contribution in [0.4, 0.5) is 9.59 Å². The molecule has 2 saturated heterocycles. The number of benzene rings is 2. The molecule has 3 aliphatic heterocycles. The number of nitrogens with one attached hydrogen (secondary N) is 4. The first-order chi connectivity index (χ1) is 30.3. The third-order valence-electron chi connectivity index (χ3n) is 12.5. The molecule has 4 aromatic rings. The van der Waals surface area contributed by atoms with Gasteiger partial charge in [0.1, 0.15) is 24.1 Å². The van der Waals surface area contributed by atoms with E-state index < -0.39 is 24.3 Å². The largest absolute Gasteiger partial charge is 0.453 e. The molecule has 2 aliphatic carbocycles. The van der Waals surface area contributed by atoms with Crippen molar-refractivity contribution in [2.24, 2.45) is 4.99 Å². The van der Waals surface area contributed by atoms with Crippen molar-refractivity contribution in [1.29, 1.82) is 0 Å². The fourth-order valence-corrected chi connectivity index (χ4v) is 9.29. The van der Waals surface area contributed by atoms with Gasteiger partial charge in [-0.25, -0.2) is 14.6 Å². The van der Waals surface area contributed by atoms with E-state index in [1.54, 1.807) is 0 Å². The number of fused-ring (bicyclic) bond motifs is 2. The number of carbonyl (C=O) groups is 4. The van der Waals surface area contributed by atoms with Crippen LogP contribution < -0.4 is 16.0 Å². The van der Waals surface area contributed by atoms with Gasteiger partial charge in [-0.3, -0.25) is 19.9 Å². The quantitative estimate of drug-likeness (QED) is 0.147. The third-order valence-corrected chi connectivity index (χ3v) is 12.5. The lowest BCUT2D eigenvalue weighted by atomic mass is 9.97. The minimum Gasteiger partial charge on any atom is -0.453 e. The molecule has 5 atom stereocenters. The van der Waals surface area contributed by atoms with Crippen LogP contribution in [-0.4, -0.2) is 118 Å². The van der Waals surface area contributed by atoms with Gasteiger partial charge in [0.15, 0.2) is 0 Å². The van der Waals surface area contributed by atoms with Gasteiger partial charge in [0.2, 0.25) is 11.8 Å². The van der Waals surface area contributed by atoms with Gasteiger partial charge in [0, 0.05) is 30.6 Å². The van der Waals surface area contributed by atoms with Crippen LogP contribution in [0.3, 0.4) is 0 Å². The van der Waals surface area contributed by atoms with Crippen LogP contribution in [0.25, 0.3) is 33.2 Å². The van der Waals surface area contributed by atoms with Crippen LogP contribution in [0.2, 0.25) is 0 Å². The molecule has 320 valence electrons. The zero-order chi connectivity index (χ0) is 42.7. The van der Waals surface area contributed by atoms with Gasteiger partial charge in [0.25, 0.3) is 0 Å². The Kier molecular flexibility index (Phi) is 11.6. The number of aromatic amines is 1. The van der Waals surface area contributed by atoms with E-state index >= 15 is 0 Å². The molecule has 9 rings (SSSR count). The lowest BCUT2D eigenvalue weighted by Crippen LogP contribution is -2.54. The van der Waals surface area contributed by atoms with Gasteiger partial charge < -0.3 is 34.9 Å². The van der Waals surface area contributed by atoms with Gasteiger partial charge in [0.05, 0.1) is 54.3 Å². The molecule has 0 radical (unpaired) electrons. The maximum Gasteiger partial charge on any atom is 0.407 e. The first kappa shape index (κ1) is 40.7. The number of aromatic nitrogens is 4. The SMILES string of the molecule is COC(=O)NC(C(=O)N1CCCC1c1nc2ccc(-c3cc4ccc(C5=NC(C6CCCN6C(=O)C(NC(=O)OC)C6=CCC=CC6)NC5)cc4nn3)cc2[nH]1)C1=CCC=CC1. The standard InChI is InChI=1S/C46H50N10O6/c1-61-45(59)51-39(27-11-5-3-6-12-27)43(57)55-21-9-15-37(55)41-47-26-36(50-41)31-18-17-29-23-33(53-54-34(29)24-31)30-19-20-32-35(25-30)49-42(48-32)38-16-10-22-56(38)44(58)40(52-46(60)62-2)28-13-7-4-8-14-28/h3-5,7,12,14,17-20,23-25,37-41,47H,6,8-11,13,15-16,21-22,26H2,1-2H3,(H,48,49)(H,51,59)(H,52,60). The number of rotatable bonds is 10. The van der Waals surface area contributed by atoms with Gasteiger partial charge in [-0.2, -0.15) is 0 Å². The molecule has 2 fully saturated rings. The molecular formula is C46H50N10O6. The fourth-order valence-electron chi connectivity index (χ4n) is 9.29. The Hall–Kier alpha value is -6.68. The molecule has 2 aromatic carbocycles. The Balaban J connectivity index is 0.898. The first-order valence-electron chi connectivity index (χ1n) is 21.3. The number of hydrogen-bond donors (Lipinski definition) is 4. The second-order valence-corrected chi connectivity index (χ2v) is 16.2. The highest BCUT2D eigenvalue weighted by molar-refractivity contribution is 6.05. The van der Waals surface area contributed by atoms with Gasteiger partial charge in [-0.15, -0.1) is 10.2 Å². The molecule has 16 nitrogen and oxygen atoms in total. The number of imidazole rings is 1. The summed E-state index contributed by atoms with van der Waals surface area (Å²) in [5, 5.41) is 19.2. The molecule has 4 amide bonds. The van der Waals surface area contributed by atoms with E-state index in [-0.39, 0.29) is 30.1 Å². The number of alkyl carbamates (subject to hydrolysis) is 2. The van der Waals surface area contributed by atoms with E-state index in [1.807, 2.05) is 88.7 Å². The molecule has 5 aliphatic rings. The number of amides is 4. The van der Waals surface area contributed by atoms with Crippen LogP contribution >= 0.6 is 0 Å². The van der Waals surface area contributed by atoms with Crippen molar-refractivity contribution in [3.8, 4) is 11.3 Å². The average Bonchev–Trinajstić information content (AvgIpc) is 4.16. The van der Waals surface area contributed by atoms with Crippen molar-refractivity contribution < 1.29 is 28.7 Å². The van der Waals surface area contributed by atoms with Crippen LogP contribution in [0, 0.1) is 0 Å². The summed E-state index contributed by atoms with van der Waals surface area (Å²) in [6.07, 6.45) is 16.4. The van der Waals surface area contributed by atoms with E-state index in [0.717, 1.165) is 75.6 Å². The summed E-state index contributed by atoms with van der Waals surface area (Å²) in [6, 6.07) is 12.0. The minimum absolute atomic E-state index is 0.147. The zero-order valence-corrected chi connectivity index (χ0v) is 34.8. The van der Waals surface area contributed by atoms with E-state index in [1.165, 1.54) is 14.2 Å². The number of allylic oxidation sites excluding steroid dienone is 6. The summed E-state index contributed by atoms with van der Waals surface area (Å²) in [5.41, 5.74) is 7.43. The highest BCUT2D eigenvalue weighted by atomic mass is 16.5. The van der Waals surface area contributed by atoms with Crippen LogP contribution in [0.15, 0.2) is 95.1 Å². The van der Waals surface area contributed by atoms with Crippen molar-refractivity contribution in [1.82, 2.24) is 45.9 Å². The number of methoxy groups -OCH3 is 2. The fraction of sp³-hybridized carbons (Fsp3) is 0.391. The van der Waals surface area contributed by atoms with Gasteiger partial charge in [-0.05, 0) is 92.3 Å². The van der Waals surface area contributed by atoms with Gasteiger partial charge >= 0.3 is 12.2 Å². The smallest absolute Gasteiger partial charge is 0.407 e. The predicted molar refractivity (Wildman–Crippen MR) is 233 cm³/mol. The first-order valence-corrected chi connectivity index (χ1v) is 21.3. The topological polar surface area (TPSA) is 196 Å². The molecule has 0 spiro atoms. The normalized spacial score (nSPS) is 22.0. The lowest BCUT2D eigenvalue weighted by Gasteiger charge is -2.32. The Bertz CT molecular complexity index is 2580. The van der Waals surface area contributed by atoms with Crippen molar-refractivity contribution in [3.63, 3.8) is 0 Å². The Labute approximate surface area is 358 Å². The van der Waals surface area contributed by atoms with Crippen LogP contribution in [0.1, 0.15) is 68.8 Å². The molecule has 62 heavy (non-hydrogen) atoms. The molecule has 5 unspecified atom stereocenters. The maximum absolute atomic E-state index is 14.0. The molecule has 0 bridgehead atoms. The molecule has 2 aromatic heterocycles. The summed E-state index contributed by atoms with van der Waals surface area (Å²) >= 11 is 0. The summed E-state index contributed by atoms with van der Waals surface area (Å²) in [5.74, 6) is 0.374. The summed E-state index contributed by atoms with van der Waals surface area (Å²) < 4.78 is 9.73. The van der Waals surface area contributed by atoms with Crippen molar-refractivity contribution in [2.45, 2.75) is 81.7 Å². The van der Waals surface area contributed by atoms with E-state index in [0.29, 0.717) is 56.8 Å². The van der Waals surface area contributed by atoms with Crippen molar-refractivity contribution >= 4 is 51.6 Å². The van der Waals surface area contributed by atoms with E-state index in [4.69, 9.17) is 19.5 Å². The number of nitrogens with zero attached hydrogens (tertiary/aromatic N) is 6. The van der Waals surface area contributed by atoms with Crippen LogP contribution in [-0.2, 0) is 19.1 Å². The Morgan fingerprint density at radius 2 is 1.44 bits per heavy atom. The maximum atomic E-state index is 14.0. The number of ether oxygens (including phenoxy) is 2. The number of hydrogen-bond acceptors (Lipinski definition) is 11. The number of likely N-dealkylation sites (tertiary alicyclic amines) is 2. The summed E-state index contributed by atoms with van der Waals surface area (Å²) in [6.45, 7) is 1.69. The molecule has 5 heterocycles. The lowest BCUT2D eigenvalue weighted by molar-refractivity contribution is -0.134.